The van der Waals surface area contributed by atoms with Crippen LogP contribution in [0.25, 0.3) is 0 Å². The molecule has 1 N–H and O–H groups in total. The van der Waals surface area contributed by atoms with Crippen LogP contribution in [0.15, 0.2) is 12.2 Å². The number of imide groups is 1. The second-order valence-corrected chi connectivity index (χ2v) is 6.70. The number of nitrogens with zero attached hydrogens (tertiary/aromatic N) is 1. The average Bonchev–Trinajstić information content (AvgIpc) is 2.75. The van der Waals surface area contributed by atoms with Crippen LogP contribution in [0.4, 0.5) is 13.2 Å². The summed E-state index contributed by atoms with van der Waals surface area (Å²) in [4.78, 5) is 37.4. The van der Waals surface area contributed by atoms with Crippen molar-refractivity contribution in [1.82, 2.24) is 10.2 Å². The number of hydrogen-bond donors (Lipinski definition) is 1. The second-order valence-electron chi connectivity index (χ2n) is 6.70. The minimum absolute atomic E-state index is 0.245. The SMILES string of the molecule is CCCCCNC(=O)[C@H]1[C@H]2C(=O)N(CC(F)(F)F)C(=O)[C@@H]2C=C[C@H]1C. The predicted molar refractivity (Wildman–Crippen MR) is 84.1 cm³/mol. The first kappa shape index (κ1) is 19.5. The summed E-state index contributed by atoms with van der Waals surface area (Å²) in [7, 11) is 0. The highest BCUT2D eigenvalue weighted by Gasteiger charge is 2.56. The van der Waals surface area contributed by atoms with Crippen molar-refractivity contribution in [2.45, 2.75) is 39.3 Å². The molecule has 140 valence electrons. The maximum atomic E-state index is 12.7. The van der Waals surface area contributed by atoms with Gasteiger partial charge in [-0.2, -0.15) is 13.2 Å². The maximum Gasteiger partial charge on any atom is 0.406 e. The summed E-state index contributed by atoms with van der Waals surface area (Å²) in [5.41, 5.74) is 0. The van der Waals surface area contributed by atoms with Crippen LogP contribution in [0.3, 0.4) is 0 Å². The number of likely N-dealkylation sites (tertiary alicyclic amines) is 1. The molecule has 1 fully saturated rings. The van der Waals surface area contributed by atoms with Crippen molar-refractivity contribution in [3.05, 3.63) is 12.2 Å². The number of amides is 3. The van der Waals surface area contributed by atoms with Gasteiger partial charge < -0.3 is 5.32 Å². The van der Waals surface area contributed by atoms with Gasteiger partial charge in [0.2, 0.25) is 17.7 Å². The molecule has 3 amide bonds. The van der Waals surface area contributed by atoms with Crippen LogP contribution in [0.2, 0.25) is 0 Å². The van der Waals surface area contributed by atoms with Crippen molar-refractivity contribution < 1.29 is 27.6 Å². The van der Waals surface area contributed by atoms with E-state index in [9.17, 15) is 27.6 Å². The Labute approximate surface area is 144 Å². The van der Waals surface area contributed by atoms with E-state index in [0.717, 1.165) is 19.3 Å². The van der Waals surface area contributed by atoms with Crippen molar-refractivity contribution in [2.24, 2.45) is 23.7 Å². The molecule has 0 unspecified atom stereocenters. The number of carbonyl (C=O) groups is 3. The number of halogens is 3. The number of allylic oxidation sites excluding steroid dienone is 1. The number of rotatable bonds is 6. The number of hydrogen-bond acceptors (Lipinski definition) is 3. The van der Waals surface area contributed by atoms with E-state index < -0.39 is 42.3 Å². The molecule has 1 heterocycles. The summed E-state index contributed by atoms with van der Waals surface area (Å²) in [5, 5.41) is 2.75. The topological polar surface area (TPSA) is 66.5 Å². The first-order valence-corrected chi connectivity index (χ1v) is 8.55. The van der Waals surface area contributed by atoms with Crippen LogP contribution < -0.4 is 5.32 Å². The van der Waals surface area contributed by atoms with Crippen molar-refractivity contribution in [1.29, 1.82) is 0 Å². The zero-order valence-corrected chi connectivity index (χ0v) is 14.3. The quantitative estimate of drug-likeness (QED) is 0.449. The molecule has 1 saturated heterocycles. The minimum atomic E-state index is -4.66. The van der Waals surface area contributed by atoms with Gasteiger partial charge in [0.05, 0.1) is 17.8 Å². The summed E-state index contributed by atoms with van der Waals surface area (Å²) in [6, 6.07) is 0. The third-order valence-corrected chi connectivity index (χ3v) is 4.78. The summed E-state index contributed by atoms with van der Waals surface area (Å²) in [6.07, 6.45) is 1.17. The van der Waals surface area contributed by atoms with Crippen molar-refractivity contribution in [3.8, 4) is 0 Å². The molecule has 0 bridgehead atoms. The third kappa shape index (κ3) is 4.22. The smallest absolute Gasteiger partial charge is 0.356 e. The molecule has 5 nitrogen and oxygen atoms in total. The lowest BCUT2D eigenvalue weighted by atomic mass is 9.71. The number of alkyl halides is 3. The standard InChI is InChI=1S/C17H23F3N2O3/c1-3-4-5-8-21-14(23)12-10(2)6-7-11-13(12)16(25)22(15(11)24)9-17(18,19)20/h6-7,10-13H,3-5,8-9H2,1-2H3,(H,21,23)/t10-,11-,12-,13+/m1/s1. The zero-order chi connectivity index (χ0) is 18.8. The second kappa shape index (κ2) is 7.58. The molecule has 0 radical (unpaired) electrons. The maximum absolute atomic E-state index is 12.7. The van der Waals surface area contributed by atoms with E-state index in [0.29, 0.717) is 6.54 Å². The van der Waals surface area contributed by atoms with Gasteiger partial charge in [0.25, 0.3) is 0 Å². The van der Waals surface area contributed by atoms with Crippen molar-refractivity contribution in [3.63, 3.8) is 0 Å². The summed E-state index contributed by atoms with van der Waals surface area (Å²) in [6.45, 7) is 2.60. The molecular weight excluding hydrogens is 337 g/mol. The third-order valence-electron chi connectivity index (χ3n) is 4.78. The van der Waals surface area contributed by atoms with Crippen LogP contribution in [0.1, 0.15) is 33.1 Å². The van der Waals surface area contributed by atoms with E-state index >= 15 is 0 Å². The summed E-state index contributed by atoms with van der Waals surface area (Å²) < 4.78 is 38.0. The Kier molecular flexibility index (Phi) is 5.90. The molecule has 4 atom stereocenters. The largest absolute Gasteiger partial charge is 0.406 e. The molecule has 25 heavy (non-hydrogen) atoms. The molecule has 1 aliphatic heterocycles. The molecule has 0 saturated carbocycles. The fraction of sp³-hybridized carbons (Fsp3) is 0.706. The number of fused-ring (bicyclic) bond motifs is 1. The van der Waals surface area contributed by atoms with E-state index in [-0.39, 0.29) is 16.7 Å². The lowest BCUT2D eigenvalue weighted by molar-refractivity contribution is -0.166. The van der Waals surface area contributed by atoms with Gasteiger partial charge in [-0.3, -0.25) is 19.3 Å². The Morgan fingerprint density at radius 2 is 1.88 bits per heavy atom. The molecular formula is C17H23F3N2O3. The first-order chi connectivity index (χ1) is 11.7. The van der Waals surface area contributed by atoms with E-state index in [2.05, 4.69) is 5.32 Å². The highest BCUT2D eigenvalue weighted by Crippen LogP contribution is 2.41. The Balaban J connectivity index is 2.16. The van der Waals surface area contributed by atoms with Crippen LogP contribution >= 0.6 is 0 Å². The fourth-order valence-corrected chi connectivity index (χ4v) is 3.54. The number of unbranched alkanes of at least 4 members (excludes halogenated alkanes) is 2. The zero-order valence-electron chi connectivity index (χ0n) is 14.3. The van der Waals surface area contributed by atoms with Gasteiger partial charge in [0.1, 0.15) is 6.54 Å². The first-order valence-electron chi connectivity index (χ1n) is 8.55. The van der Waals surface area contributed by atoms with Gasteiger partial charge in [-0.1, -0.05) is 38.8 Å². The Morgan fingerprint density at radius 3 is 2.48 bits per heavy atom. The van der Waals surface area contributed by atoms with Crippen LogP contribution in [-0.2, 0) is 14.4 Å². The van der Waals surface area contributed by atoms with E-state index in [4.69, 9.17) is 0 Å². The highest BCUT2D eigenvalue weighted by molar-refractivity contribution is 6.08. The molecule has 2 aliphatic rings. The van der Waals surface area contributed by atoms with Gasteiger partial charge in [-0.15, -0.1) is 0 Å². The Morgan fingerprint density at radius 1 is 1.20 bits per heavy atom. The monoisotopic (exact) mass is 360 g/mol. The molecule has 0 aromatic heterocycles. The van der Waals surface area contributed by atoms with Gasteiger partial charge in [0.15, 0.2) is 0 Å². The normalized spacial score (nSPS) is 29.1. The summed E-state index contributed by atoms with van der Waals surface area (Å²) in [5.74, 6) is -5.35. The fourth-order valence-electron chi connectivity index (χ4n) is 3.54. The molecule has 2 rings (SSSR count). The van der Waals surface area contributed by atoms with Crippen molar-refractivity contribution in [2.75, 3.05) is 13.1 Å². The molecule has 0 aromatic carbocycles. The van der Waals surface area contributed by atoms with E-state index in [1.165, 1.54) is 6.08 Å². The molecule has 0 aromatic rings. The molecule has 0 spiro atoms. The lowest BCUT2D eigenvalue weighted by Crippen LogP contribution is -2.45. The van der Waals surface area contributed by atoms with Gasteiger partial charge in [0, 0.05) is 6.54 Å². The van der Waals surface area contributed by atoms with Crippen LogP contribution in [0, 0.1) is 23.7 Å². The number of carbonyl (C=O) groups excluding carboxylic acids is 3. The van der Waals surface area contributed by atoms with Crippen molar-refractivity contribution >= 4 is 17.7 Å². The average molecular weight is 360 g/mol. The van der Waals surface area contributed by atoms with Gasteiger partial charge >= 0.3 is 6.18 Å². The van der Waals surface area contributed by atoms with Gasteiger partial charge in [-0.05, 0) is 12.3 Å². The Hall–Kier alpha value is -1.86. The van der Waals surface area contributed by atoms with E-state index in [1.54, 1.807) is 13.0 Å². The predicted octanol–water partition coefficient (Wildman–Crippen LogP) is 2.28. The van der Waals surface area contributed by atoms with Gasteiger partial charge in [-0.25, -0.2) is 0 Å². The number of nitrogens with one attached hydrogen (secondary N) is 1. The van der Waals surface area contributed by atoms with Crippen LogP contribution in [0.5, 0.6) is 0 Å². The summed E-state index contributed by atoms with van der Waals surface area (Å²) >= 11 is 0. The molecule has 1 aliphatic carbocycles. The van der Waals surface area contributed by atoms with Crippen LogP contribution in [-0.4, -0.2) is 41.9 Å². The molecule has 8 heteroatoms. The Bertz CT molecular complexity index is 574. The van der Waals surface area contributed by atoms with E-state index in [1.807, 2.05) is 6.92 Å². The highest BCUT2D eigenvalue weighted by atomic mass is 19.4. The lowest BCUT2D eigenvalue weighted by Gasteiger charge is -2.30. The minimum Gasteiger partial charge on any atom is -0.356 e.